The summed E-state index contributed by atoms with van der Waals surface area (Å²) in [5.41, 5.74) is 4.55. The average Bonchev–Trinajstić information content (AvgIpc) is 3.21. The summed E-state index contributed by atoms with van der Waals surface area (Å²) >= 11 is 0. The first kappa shape index (κ1) is 14.3. The molecule has 2 heterocycles. The largest absolute Gasteiger partial charge is 0.334 e. The molecule has 4 rings (SSSR count). The lowest BCUT2D eigenvalue weighted by atomic mass is 10.0. The third-order valence-corrected chi connectivity index (χ3v) is 4.58. The van der Waals surface area contributed by atoms with Gasteiger partial charge in [-0.05, 0) is 44.9 Å². The topological polar surface area (TPSA) is 63.8 Å². The van der Waals surface area contributed by atoms with Gasteiger partial charge in [-0.15, -0.1) is 0 Å². The number of benzene rings is 1. The molecular formula is C18H20N4O. The maximum atomic E-state index is 5.61. The molecule has 1 N–H and O–H groups in total. The highest BCUT2D eigenvalue weighted by atomic mass is 16.5. The number of para-hydroxylation sites is 1. The Morgan fingerprint density at radius 2 is 2.09 bits per heavy atom. The molecule has 3 aromatic rings. The third kappa shape index (κ3) is 2.51. The van der Waals surface area contributed by atoms with E-state index in [4.69, 9.17) is 9.51 Å². The van der Waals surface area contributed by atoms with Crippen LogP contribution in [-0.4, -0.2) is 28.2 Å². The highest BCUT2D eigenvalue weighted by Gasteiger charge is 2.24. The molecule has 1 aliphatic carbocycles. The van der Waals surface area contributed by atoms with Gasteiger partial charge in [-0.1, -0.05) is 23.4 Å². The Balaban J connectivity index is 1.85. The Morgan fingerprint density at radius 1 is 1.22 bits per heavy atom. The molecule has 118 valence electrons. The summed E-state index contributed by atoms with van der Waals surface area (Å²) in [5.74, 6) is 1.37. The van der Waals surface area contributed by atoms with Crippen molar-refractivity contribution in [3.05, 3.63) is 41.3 Å². The molecular weight excluding hydrogens is 288 g/mol. The van der Waals surface area contributed by atoms with Crippen LogP contribution in [0.4, 0.5) is 0 Å². The molecule has 0 spiro atoms. The summed E-state index contributed by atoms with van der Waals surface area (Å²) in [4.78, 5) is 9.46. The van der Waals surface area contributed by atoms with E-state index in [-0.39, 0.29) is 0 Å². The van der Waals surface area contributed by atoms with Crippen molar-refractivity contribution < 1.29 is 4.52 Å². The predicted octanol–water partition coefficient (Wildman–Crippen LogP) is 2.92. The van der Waals surface area contributed by atoms with E-state index in [0.717, 1.165) is 48.0 Å². The van der Waals surface area contributed by atoms with Gasteiger partial charge in [0.05, 0.1) is 11.1 Å². The van der Waals surface area contributed by atoms with Crippen molar-refractivity contribution in [2.45, 2.75) is 38.6 Å². The van der Waals surface area contributed by atoms with Crippen molar-refractivity contribution in [2.75, 3.05) is 7.05 Å². The molecule has 0 saturated heterocycles. The zero-order valence-electron chi connectivity index (χ0n) is 13.5. The van der Waals surface area contributed by atoms with Crippen LogP contribution in [0.2, 0.25) is 0 Å². The Kier molecular flexibility index (Phi) is 3.58. The Bertz CT molecular complexity index is 855. The summed E-state index contributed by atoms with van der Waals surface area (Å²) in [6, 6.07) is 8.53. The van der Waals surface area contributed by atoms with Gasteiger partial charge >= 0.3 is 0 Å². The molecule has 1 atom stereocenters. The van der Waals surface area contributed by atoms with E-state index in [1.165, 1.54) is 11.3 Å². The van der Waals surface area contributed by atoms with Gasteiger partial charge in [0.15, 0.2) is 5.82 Å². The van der Waals surface area contributed by atoms with E-state index in [1.807, 2.05) is 19.2 Å². The van der Waals surface area contributed by atoms with Crippen molar-refractivity contribution in [3.63, 3.8) is 0 Å². The van der Waals surface area contributed by atoms with Crippen molar-refractivity contribution in [1.82, 2.24) is 20.4 Å². The van der Waals surface area contributed by atoms with Crippen molar-refractivity contribution >= 4 is 10.9 Å². The number of nitrogens with one attached hydrogen (secondary N) is 1. The standard InChI is InChI=1S/C18H20N4O/c1-11(19-2)10-16-21-18(23-22-16)17-12-6-3-4-8-14(12)20-15-9-5-7-13(15)17/h3-4,6,8,11,19H,5,7,9-10H2,1-2H3. The molecule has 5 nitrogen and oxygen atoms in total. The lowest BCUT2D eigenvalue weighted by molar-refractivity contribution is 0.418. The summed E-state index contributed by atoms with van der Waals surface area (Å²) in [7, 11) is 1.94. The smallest absolute Gasteiger partial charge is 0.258 e. The Labute approximate surface area is 135 Å². The van der Waals surface area contributed by atoms with Crippen LogP contribution in [-0.2, 0) is 19.3 Å². The van der Waals surface area contributed by atoms with Crippen LogP contribution in [0.5, 0.6) is 0 Å². The Morgan fingerprint density at radius 3 is 2.96 bits per heavy atom. The molecule has 0 radical (unpaired) electrons. The van der Waals surface area contributed by atoms with Gasteiger partial charge < -0.3 is 9.84 Å². The second kappa shape index (κ2) is 5.74. The molecule has 23 heavy (non-hydrogen) atoms. The molecule has 1 aliphatic rings. The van der Waals surface area contributed by atoms with Gasteiger partial charge in [0, 0.05) is 23.5 Å². The zero-order chi connectivity index (χ0) is 15.8. The highest BCUT2D eigenvalue weighted by molar-refractivity contribution is 5.94. The van der Waals surface area contributed by atoms with Crippen LogP contribution in [0.3, 0.4) is 0 Å². The number of aryl methyl sites for hydroxylation is 1. The normalized spacial score (nSPS) is 15.0. The molecule has 5 heteroatoms. The maximum absolute atomic E-state index is 5.61. The number of likely N-dealkylation sites (N-methyl/N-ethyl adjacent to an activating group) is 1. The minimum atomic E-state index is 0.320. The fourth-order valence-electron chi connectivity index (χ4n) is 3.27. The molecule has 0 aliphatic heterocycles. The van der Waals surface area contributed by atoms with Gasteiger partial charge in [-0.2, -0.15) is 4.98 Å². The van der Waals surface area contributed by atoms with E-state index in [0.29, 0.717) is 11.9 Å². The van der Waals surface area contributed by atoms with Crippen LogP contribution >= 0.6 is 0 Å². The highest BCUT2D eigenvalue weighted by Crippen LogP contribution is 2.36. The minimum Gasteiger partial charge on any atom is -0.334 e. The fourth-order valence-corrected chi connectivity index (χ4v) is 3.27. The summed E-state index contributed by atoms with van der Waals surface area (Å²) in [6.07, 6.45) is 3.97. The summed E-state index contributed by atoms with van der Waals surface area (Å²) < 4.78 is 5.61. The summed E-state index contributed by atoms with van der Waals surface area (Å²) in [5, 5.41) is 8.47. The molecule has 2 aromatic heterocycles. The first-order valence-electron chi connectivity index (χ1n) is 8.17. The number of nitrogens with zero attached hydrogens (tertiary/aromatic N) is 3. The zero-order valence-corrected chi connectivity index (χ0v) is 13.5. The monoisotopic (exact) mass is 308 g/mol. The molecule has 0 saturated carbocycles. The second-order valence-corrected chi connectivity index (χ2v) is 6.19. The average molecular weight is 308 g/mol. The molecule has 0 fully saturated rings. The predicted molar refractivity (Wildman–Crippen MR) is 89.3 cm³/mol. The molecule has 0 amide bonds. The van der Waals surface area contributed by atoms with Crippen molar-refractivity contribution in [1.29, 1.82) is 0 Å². The van der Waals surface area contributed by atoms with Gasteiger partial charge in [0.25, 0.3) is 5.89 Å². The third-order valence-electron chi connectivity index (χ3n) is 4.58. The van der Waals surface area contributed by atoms with Crippen LogP contribution in [0, 0.1) is 0 Å². The van der Waals surface area contributed by atoms with Gasteiger partial charge in [-0.3, -0.25) is 4.98 Å². The number of fused-ring (bicyclic) bond motifs is 2. The summed E-state index contributed by atoms with van der Waals surface area (Å²) in [6.45, 7) is 2.11. The van der Waals surface area contributed by atoms with Crippen LogP contribution in [0.1, 0.15) is 30.4 Å². The SMILES string of the molecule is CNC(C)Cc1noc(-c2c3c(nc4ccccc24)CCC3)n1. The minimum absolute atomic E-state index is 0.320. The molecule has 1 aromatic carbocycles. The lowest BCUT2D eigenvalue weighted by Gasteiger charge is -2.09. The van der Waals surface area contributed by atoms with E-state index < -0.39 is 0 Å². The lowest BCUT2D eigenvalue weighted by Crippen LogP contribution is -2.24. The van der Waals surface area contributed by atoms with E-state index in [1.54, 1.807) is 0 Å². The van der Waals surface area contributed by atoms with Crippen LogP contribution < -0.4 is 5.32 Å². The molecule has 0 bridgehead atoms. The fraction of sp³-hybridized carbons (Fsp3) is 0.389. The van der Waals surface area contributed by atoms with Gasteiger partial charge in [-0.25, -0.2) is 0 Å². The van der Waals surface area contributed by atoms with Crippen molar-refractivity contribution in [3.8, 4) is 11.5 Å². The van der Waals surface area contributed by atoms with Crippen LogP contribution in [0.15, 0.2) is 28.8 Å². The number of hydrogen-bond acceptors (Lipinski definition) is 5. The van der Waals surface area contributed by atoms with Gasteiger partial charge in [0.1, 0.15) is 0 Å². The van der Waals surface area contributed by atoms with E-state index in [9.17, 15) is 0 Å². The number of aromatic nitrogens is 3. The van der Waals surface area contributed by atoms with E-state index >= 15 is 0 Å². The van der Waals surface area contributed by atoms with E-state index in [2.05, 4.69) is 34.5 Å². The quantitative estimate of drug-likeness (QED) is 0.803. The first-order valence-corrected chi connectivity index (χ1v) is 8.17. The number of rotatable bonds is 4. The second-order valence-electron chi connectivity index (χ2n) is 6.19. The first-order chi connectivity index (χ1) is 11.3. The Hall–Kier alpha value is -2.27. The number of hydrogen-bond donors (Lipinski definition) is 1. The maximum Gasteiger partial charge on any atom is 0.258 e. The molecule has 1 unspecified atom stereocenters. The van der Waals surface area contributed by atoms with Gasteiger partial charge in [0.2, 0.25) is 0 Å². The van der Waals surface area contributed by atoms with Crippen LogP contribution in [0.25, 0.3) is 22.4 Å². The van der Waals surface area contributed by atoms with Crippen molar-refractivity contribution in [2.24, 2.45) is 0 Å². The number of pyridine rings is 1.